The van der Waals surface area contributed by atoms with E-state index >= 15 is 0 Å². The van der Waals surface area contributed by atoms with E-state index in [4.69, 9.17) is 14.2 Å². The summed E-state index contributed by atoms with van der Waals surface area (Å²) in [6, 6.07) is 6.21. The van der Waals surface area contributed by atoms with Crippen LogP contribution in [0.1, 0.15) is 45.6 Å². The number of nitrogens with zero attached hydrogens (tertiary/aromatic N) is 2. The molecule has 1 N–H and O–H groups in total. The third-order valence-electron chi connectivity index (χ3n) is 7.39. The highest BCUT2D eigenvalue weighted by molar-refractivity contribution is 5.44. The zero-order valence-electron chi connectivity index (χ0n) is 19.5. The average molecular weight is 433 g/mol. The van der Waals surface area contributed by atoms with Crippen LogP contribution < -0.4 is 9.47 Å². The van der Waals surface area contributed by atoms with Gasteiger partial charge in [-0.3, -0.25) is 9.80 Å². The van der Waals surface area contributed by atoms with Crippen LogP contribution in [0.3, 0.4) is 0 Å². The quantitative estimate of drug-likeness (QED) is 0.680. The van der Waals surface area contributed by atoms with Crippen molar-refractivity contribution in [3.63, 3.8) is 0 Å². The molecule has 0 bridgehead atoms. The molecule has 1 saturated heterocycles. The molecule has 4 rings (SSSR count). The highest BCUT2D eigenvalue weighted by Gasteiger charge is 2.30. The second-order valence-electron chi connectivity index (χ2n) is 10.1. The molecule has 1 aromatic carbocycles. The SMILES string of the molecule is CC(C)[C@@H]1CC[C@H](C)[C@H](OC[C@@H](O)CN2CCN(Cc3ccc4c(c3)OCO4)CC2)C1. The predicted molar refractivity (Wildman–Crippen MR) is 121 cm³/mol. The minimum atomic E-state index is -0.410. The standard InChI is InChI=1S/C25H40N2O4/c1-18(2)21-6-4-19(3)24(13-21)29-16-22(28)15-27-10-8-26(9-11-27)14-20-5-7-23-25(12-20)31-17-30-23/h5,7,12,18-19,21-22,24,28H,4,6,8-11,13-17H2,1-3H3/t19-,21+,22-,24+/m0/s1. The van der Waals surface area contributed by atoms with Gasteiger partial charge >= 0.3 is 0 Å². The van der Waals surface area contributed by atoms with Gasteiger partial charge in [-0.15, -0.1) is 0 Å². The number of hydrogen-bond donors (Lipinski definition) is 1. The van der Waals surface area contributed by atoms with Gasteiger partial charge < -0.3 is 19.3 Å². The lowest BCUT2D eigenvalue weighted by atomic mass is 9.76. The van der Waals surface area contributed by atoms with Crippen LogP contribution in [0.25, 0.3) is 0 Å². The molecule has 0 spiro atoms. The lowest BCUT2D eigenvalue weighted by molar-refractivity contribution is -0.0678. The molecule has 31 heavy (non-hydrogen) atoms. The molecular weight excluding hydrogens is 392 g/mol. The van der Waals surface area contributed by atoms with Crippen molar-refractivity contribution in [2.75, 3.05) is 46.1 Å². The van der Waals surface area contributed by atoms with Crippen LogP contribution in [0.2, 0.25) is 0 Å². The van der Waals surface area contributed by atoms with Crippen molar-refractivity contribution in [3.05, 3.63) is 23.8 Å². The molecule has 0 radical (unpaired) electrons. The lowest BCUT2D eigenvalue weighted by Gasteiger charge is -2.37. The van der Waals surface area contributed by atoms with Gasteiger partial charge in [-0.25, -0.2) is 0 Å². The summed E-state index contributed by atoms with van der Waals surface area (Å²) in [7, 11) is 0. The van der Waals surface area contributed by atoms with Crippen molar-refractivity contribution in [1.82, 2.24) is 9.80 Å². The summed E-state index contributed by atoms with van der Waals surface area (Å²) in [4.78, 5) is 4.83. The van der Waals surface area contributed by atoms with Crippen LogP contribution in [-0.4, -0.2) is 73.2 Å². The van der Waals surface area contributed by atoms with E-state index in [0.29, 0.717) is 32.0 Å². The zero-order valence-corrected chi connectivity index (χ0v) is 19.5. The van der Waals surface area contributed by atoms with Crippen LogP contribution in [0.4, 0.5) is 0 Å². The Morgan fingerprint density at radius 3 is 2.58 bits per heavy atom. The van der Waals surface area contributed by atoms with Crippen LogP contribution in [0.5, 0.6) is 11.5 Å². The maximum Gasteiger partial charge on any atom is 0.231 e. The van der Waals surface area contributed by atoms with Gasteiger partial charge in [0.25, 0.3) is 0 Å². The van der Waals surface area contributed by atoms with Crippen molar-refractivity contribution in [1.29, 1.82) is 0 Å². The Labute approximate surface area is 187 Å². The fourth-order valence-electron chi connectivity index (χ4n) is 5.16. The van der Waals surface area contributed by atoms with Crippen molar-refractivity contribution < 1.29 is 19.3 Å². The minimum absolute atomic E-state index is 0.300. The molecule has 3 aliphatic rings. The number of benzene rings is 1. The summed E-state index contributed by atoms with van der Waals surface area (Å²) in [5.41, 5.74) is 1.26. The minimum Gasteiger partial charge on any atom is -0.454 e. The fraction of sp³-hybridized carbons (Fsp3) is 0.760. The molecule has 6 heteroatoms. The first-order chi connectivity index (χ1) is 15.0. The van der Waals surface area contributed by atoms with Gasteiger partial charge in [-0.2, -0.15) is 0 Å². The molecule has 0 amide bonds. The normalized spacial score (nSPS) is 28.2. The van der Waals surface area contributed by atoms with Gasteiger partial charge in [-0.05, 0) is 54.7 Å². The number of aliphatic hydroxyl groups is 1. The number of fused-ring (bicyclic) bond motifs is 1. The molecule has 0 unspecified atom stereocenters. The first-order valence-corrected chi connectivity index (χ1v) is 12.1. The largest absolute Gasteiger partial charge is 0.454 e. The Hall–Kier alpha value is -1.34. The molecular formula is C25H40N2O4. The Balaban J connectivity index is 1.16. The third kappa shape index (κ3) is 6.13. The summed E-state index contributed by atoms with van der Waals surface area (Å²) in [6.07, 6.45) is 3.60. The van der Waals surface area contributed by atoms with E-state index in [1.165, 1.54) is 18.4 Å². The highest BCUT2D eigenvalue weighted by atomic mass is 16.7. The maximum absolute atomic E-state index is 10.6. The van der Waals surface area contributed by atoms with Crippen molar-refractivity contribution in [2.24, 2.45) is 17.8 Å². The molecule has 1 saturated carbocycles. The molecule has 2 fully saturated rings. The van der Waals surface area contributed by atoms with E-state index in [2.05, 4.69) is 42.7 Å². The van der Waals surface area contributed by atoms with Crippen molar-refractivity contribution in [2.45, 2.75) is 58.8 Å². The molecule has 2 aliphatic heterocycles. The topological polar surface area (TPSA) is 54.4 Å². The van der Waals surface area contributed by atoms with Gasteiger partial charge in [-0.1, -0.05) is 26.8 Å². The van der Waals surface area contributed by atoms with Crippen LogP contribution in [-0.2, 0) is 11.3 Å². The third-order valence-corrected chi connectivity index (χ3v) is 7.39. The van der Waals surface area contributed by atoms with E-state index in [1.54, 1.807) is 0 Å². The zero-order chi connectivity index (χ0) is 21.8. The summed E-state index contributed by atoms with van der Waals surface area (Å²) in [5.74, 6) is 3.77. The van der Waals surface area contributed by atoms with Gasteiger partial charge in [0.15, 0.2) is 11.5 Å². The summed E-state index contributed by atoms with van der Waals surface area (Å²) in [5, 5.41) is 10.6. The number of aliphatic hydroxyl groups excluding tert-OH is 1. The van der Waals surface area contributed by atoms with E-state index in [0.717, 1.165) is 62.5 Å². The smallest absolute Gasteiger partial charge is 0.231 e. The number of β-amino-alcohol motifs (C(OH)–C–C–N with tert-alkyl or cyclic N) is 1. The Kier molecular flexibility index (Phi) is 7.75. The summed E-state index contributed by atoms with van der Waals surface area (Å²) in [6.45, 7) is 13.3. The lowest BCUT2D eigenvalue weighted by Crippen LogP contribution is -2.49. The molecule has 1 aromatic rings. The van der Waals surface area contributed by atoms with Gasteiger partial charge in [0.05, 0.1) is 18.8 Å². The second-order valence-corrected chi connectivity index (χ2v) is 10.1. The van der Waals surface area contributed by atoms with E-state index < -0.39 is 6.10 Å². The molecule has 0 aromatic heterocycles. The monoisotopic (exact) mass is 432 g/mol. The first-order valence-electron chi connectivity index (χ1n) is 12.1. The molecule has 2 heterocycles. The van der Waals surface area contributed by atoms with Crippen molar-refractivity contribution >= 4 is 0 Å². The van der Waals surface area contributed by atoms with Gasteiger partial charge in [0, 0.05) is 39.3 Å². The van der Waals surface area contributed by atoms with Crippen LogP contribution in [0, 0.1) is 17.8 Å². The molecule has 4 atom stereocenters. The Morgan fingerprint density at radius 1 is 1.06 bits per heavy atom. The van der Waals surface area contributed by atoms with Crippen molar-refractivity contribution in [3.8, 4) is 11.5 Å². The van der Waals surface area contributed by atoms with Gasteiger partial charge in [0.1, 0.15) is 0 Å². The molecule has 6 nitrogen and oxygen atoms in total. The number of ether oxygens (including phenoxy) is 3. The second kappa shape index (κ2) is 10.5. The number of piperazine rings is 1. The number of hydrogen-bond acceptors (Lipinski definition) is 6. The Morgan fingerprint density at radius 2 is 1.81 bits per heavy atom. The fourth-order valence-corrected chi connectivity index (χ4v) is 5.16. The number of rotatable bonds is 8. The molecule has 174 valence electrons. The Bertz CT molecular complexity index is 705. The average Bonchev–Trinajstić information content (AvgIpc) is 3.22. The summed E-state index contributed by atoms with van der Waals surface area (Å²) >= 11 is 0. The highest BCUT2D eigenvalue weighted by Crippen LogP contribution is 2.35. The van der Waals surface area contributed by atoms with Gasteiger partial charge in [0.2, 0.25) is 6.79 Å². The van der Waals surface area contributed by atoms with Crippen LogP contribution >= 0.6 is 0 Å². The predicted octanol–water partition coefficient (Wildman–Crippen LogP) is 3.37. The summed E-state index contributed by atoms with van der Waals surface area (Å²) < 4.78 is 17.1. The van der Waals surface area contributed by atoms with E-state index in [9.17, 15) is 5.11 Å². The van der Waals surface area contributed by atoms with E-state index in [1.807, 2.05) is 6.07 Å². The maximum atomic E-state index is 10.6. The molecule has 1 aliphatic carbocycles. The van der Waals surface area contributed by atoms with Crippen LogP contribution in [0.15, 0.2) is 18.2 Å². The first kappa shape index (κ1) is 22.8. The van der Waals surface area contributed by atoms with E-state index in [-0.39, 0.29) is 0 Å².